The van der Waals surface area contributed by atoms with Gasteiger partial charge in [0.05, 0.1) is 39.6 Å². The molecule has 0 aliphatic rings. The summed E-state index contributed by atoms with van der Waals surface area (Å²) in [7, 11) is 0. The van der Waals surface area contributed by atoms with Gasteiger partial charge < -0.3 is 41.0 Å². The number of anilines is 1. The van der Waals surface area contributed by atoms with E-state index in [1.54, 1.807) is 12.3 Å². The topological polar surface area (TPSA) is 156 Å². The van der Waals surface area contributed by atoms with E-state index in [-0.39, 0.29) is 12.0 Å². The van der Waals surface area contributed by atoms with Crippen molar-refractivity contribution in [2.45, 2.75) is 13.2 Å². The lowest BCUT2D eigenvalue weighted by molar-refractivity contribution is 0.0168. The van der Waals surface area contributed by atoms with Gasteiger partial charge >= 0.3 is 12.0 Å². The van der Waals surface area contributed by atoms with Crippen LogP contribution in [-0.4, -0.2) is 68.7 Å². The third-order valence-corrected chi connectivity index (χ3v) is 4.04. The summed E-state index contributed by atoms with van der Waals surface area (Å²) in [4.78, 5) is 19.8. The molecule has 2 aromatic rings. The molecule has 2 amide bonds. The number of carbonyl (C=O) groups is 1. The molecule has 0 saturated heterocycles. The van der Waals surface area contributed by atoms with Crippen molar-refractivity contribution in [1.82, 2.24) is 20.6 Å². The van der Waals surface area contributed by atoms with E-state index in [9.17, 15) is 4.79 Å². The van der Waals surface area contributed by atoms with Crippen LogP contribution in [0.1, 0.15) is 11.1 Å². The summed E-state index contributed by atoms with van der Waals surface area (Å²) in [5, 5.41) is 5.54. The van der Waals surface area contributed by atoms with Gasteiger partial charge in [0.25, 0.3) is 0 Å². The van der Waals surface area contributed by atoms with Crippen LogP contribution in [0.3, 0.4) is 0 Å². The number of amides is 2. The predicted molar refractivity (Wildman–Crippen MR) is 119 cm³/mol. The third-order valence-electron chi connectivity index (χ3n) is 4.04. The summed E-state index contributed by atoms with van der Waals surface area (Å²) in [6, 6.07) is 9.25. The van der Waals surface area contributed by atoms with Gasteiger partial charge in [-0.05, 0) is 17.2 Å². The van der Waals surface area contributed by atoms with E-state index in [0.29, 0.717) is 71.7 Å². The summed E-state index contributed by atoms with van der Waals surface area (Å²) in [5.41, 5.74) is 12.8. The number of carbonyl (C=O) groups excluding carboxylic acids is 1. The Bertz CT molecular complexity index is 778. The van der Waals surface area contributed by atoms with Crippen molar-refractivity contribution in [3.8, 4) is 6.01 Å². The fraction of sp³-hybridized carbons (Fsp3) is 0.476. The Hall–Kier alpha value is -2.99. The summed E-state index contributed by atoms with van der Waals surface area (Å²) in [6.45, 7) is 4.56. The second-order valence-corrected chi connectivity index (χ2v) is 6.60. The van der Waals surface area contributed by atoms with Gasteiger partial charge in [-0.25, -0.2) is 9.78 Å². The first-order valence-electron chi connectivity index (χ1n) is 10.4. The second kappa shape index (κ2) is 15.8. The minimum Gasteiger partial charge on any atom is -0.459 e. The van der Waals surface area contributed by atoms with Crippen molar-refractivity contribution < 1.29 is 23.7 Å². The standard InChI is InChI=1S/C21H32N6O5/c22-6-9-29-11-13-31-14-12-30-10-8-24-20(28)26-15-17-1-3-18(4-2-17)16-32-21-25-7-5-19(23)27-21/h1-5,7H,6,8-16,22H2,(H2,23,25,27)(H2,24,26,28). The van der Waals surface area contributed by atoms with Crippen LogP contribution in [0.2, 0.25) is 0 Å². The highest BCUT2D eigenvalue weighted by Crippen LogP contribution is 2.09. The summed E-state index contributed by atoms with van der Waals surface area (Å²) in [6.07, 6.45) is 1.54. The molecule has 0 aliphatic heterocycles. The van der Waals surface area contributed by atoms with Gasteiger partial charge in [0, 0.05) is 25.8 Å². The normalized spacial score (nSPS) is 10.7. The average Bonchev–Trinajstić information content (AvgIpc) is 2.80. The molecule has 1 heterocycles. The van der Waals surface area contributed by atoms with Crippen molar-refractivity contribution in [2.75, 3.05) is 58.5 Å². The molecule has 0 unspecified atom stereocenters. The van der Waals surface area contributed by atoms with Crippen LogP contribution in [0.25, 0.3) is 0 Å². The zero-order valence-electron chi connectivity index (χ0n) is 18.1. The number of ether oxygens (including phenoxy) is 4. The smallest absolute Gasteiger partial charge is 0.318 e. The quantitative estimate of drug-likeness (QED) is 0.268. The lowest BCUT2D eigenvalue weighted by Crippen LogP contribution is -2.37. The van der Waals surface area contributed by atoms with Crippen molar-refractivity contribution in [3.63, 3.8) is 0 Å². The number of rotatable bonds is 16. The van der Waals surface area contributed by atoms with Crippen molar-refractivity contribution in [1.29, 1.82) is 0 Å². The number of nitrogen functional groups attached to an aromatic ring is 1. The number of nitrogens with two attached hydrogens (primary N) is 2. The molecule has 6 N–H and O–H groups in total. The molecule has 0 bridgehead atoms. The van der Waals surface area contributed by atoms with Crippen LogP contribution in [0.15, 0.2) is 36.5 Å². The third kappa shape index (κ3) is 11.4. The SMILES string of the molecule is NCCOCCOCCOCCNC(=O)NCc1ccc(COc2nccc(N)n2)cc1. The van der Waals surface area contributed by atoms with E-state index in [4.69, 9.17) is 30.4 Å². The Morgan fingerprint density at radius 1 is 0.875 bits per heavy atom. The molecule has 1 aromatic heterocycles. The van der Waals surface area contributed by atoms with Gasteiger partial charge in [-0.1, -0.05) is 24.3 Å². The molecule has 32 heavy (non-hydrogen) atoms. The van der Waals surface area contributed by atoms with E-state index in [1.165, 1.54) is 0 Å². The first-order chi connectivity index (χ1) is 15.7. The summed E-state index contributed by atoms with van der Waals surface area (Å²) < 4.78 is 21.4. The largest absolute Gasteiger partial charge is 0.459 e. The molecule has 0 spiro atoms. The van der Waals surface area contributed by atoms with Gasteiger partial charge in [-0.3, -0.25) is 0 Å². The average molecular weight is 449 g/mol. The Kier molecular flexibility index (Phi) is 12.4. The first kappa shape index (κ1) is 25.3. The molecule has 0 fully saturated rings. The molecule has 11 heteroatoms. The maximum Gasteiger partial charge on any atom is 0.318 e. The number of aromatic nitrogens is 2. The van der Waals surface area contributed by atoms with Gasteiger partial charge in [-0.15, -0.1) is 0 Å². The fourth-order valence-electron chi connectivity index (χ4n) is 2.43. The lowest BCUT2D eigenvalue weighted by Gasteiger charge is -2.09. The Labute approximate surface area is 187 Å². The summed E-state index contributed by atoms with van der Waals surface area (Å²) >= 11 is 0. The predicted octanol–water partition coefficient (Wildman–Crippen LogP) is 0.446. The maximum absolute atomic E-state index is 11.9. The first-order valence-corrected chi connectivity index (χ1v) is 10.4. The fourth-order valence-corrected chi connectivity index (χ4v) is 2.43. The van der Waals surface area contributed by atoms with Crippen LogP contribution in [0, 0.1) is 0 Å². The molecule has 0 aliphatic carbocycles. The van der Waals surface area contributed by atoms with E-state index in [2.05, 4.69) is 20.6 Å². The Morgan fingerprint density at radius 3 is 2.22 bits per heavy atom. The zero-order chi connectivity index (χ0) is 22.9. The van der Waals surface area contributed by atoms with Crippen LogP contribution in [-0.2, 0) is 27.4 Å². The lowest BCUT2D eigenvalue weighted by atomic mass is 10.1. The monoisotopic (exact) mass is 448 g/mol. The van der Waals surface area contributed by atoms with E-state index >= 15 is 0 Å². The van der Waals surface area contributed by atoms with Crippen LogP contribution < -0.4 is 26.8 Å². The molecule has 2 rings (SSSR count). The highest BCUT2D eigenvalue weighted by atomic mass is 16.5. The molecule has 0 radical (unpaired) electrons. The van der Waals surface area contributed by atoms with Gasteiger partial charge in [-0.2, -0.15) is 4.98 Å². The van der Waals surface area contributed by atoms with Crippen molar-refractivity contribution in [2.24, 2.45) is 5.73 Å². The van der Waals surface area contributed by atoms with Gasteiger partial charge in [0.15, 0.2) is 0 Å². The van der Waals surface area contributed by atoms with Crippen molar-refractivity contribution in [3.05, 3.63) is 47.7 Å². The molecular formula is C21H32N6O5. The molecular weight excluding hydrogens is 416 g/mol. The molecule has 176 valence electrons. The van der Waals surface area contributed by atoms with Gasteiger partial charge in [0.1, 0.15) is 12.4 Å². The van der Waals surface area contributed by atoms with E-state index in [1.807, 2.05) is 24.3 Å². The number of hydrogen-bond acceptors (Lipinski definition) is 9. The second-order valence-electron chi connectivity index (χ2n) is 6.60. The number of benzene rings is 1. The van der Waals surface area contributed by atoms with E-state index < -0.39 is 0 Å². The molecule has 0 saturated carbocycles. The highest BCUT2D eigenvalue weighted by Gasteiger charge is 2.02. The number of hydrogen-bond donors (Lipinski definition) is 4. The number of nitrogens with zero attached hydrogens (tertiary/aromatic N) is 2. The number of nitrogens with one attached hydrogen (secondary N) is 2. The van der Waals surface area contributed by atoms with Crippen LogP contribution >= 0.6 is 0 Å². The number of urea groups is 1. The van der Waals surface area contributed by atoms with Crippen LogP contribution in [0.5, 0.6) is 6.01 Å². The molecule has 1 aromatic carbocycles. The molecule has 0 atom stereocenters. The zero-order valence-corrected chi connectivity index (χ0v) is 18.1. The van der Waals surface area contributed by atoms with Crippen molar-refractivity contribution >= 4 is 11.8 Å². The van der Waals surface area contributed by atoms with E-state index in [0.717, 1.165) is 11.1 Å². The maximum atomic E-state index is 11.9. The summed E-state index contributed by atoms with van der Waals surface area (Å²) in [5.74, 6) is 0.357. The molecule has 11 nitrogen and oxygen atoms in total. The minimum absolute atomic E-state index is 0.233. The Balaban J connectivity index is 1.49. The minimum atomic E-state index is -0.256. The highest BCUT2D eigenvalue weighted by molar-refractivity contribution is 5.73. The Morgan fingerprint density at radius 2 is 1.53 bits per heavy atom. The van der Waals surface area contributed by atoms with Gasteiger partial charge in [0.2, 0.25) is 0 Å². The van der Waals surface area contributed by atoms with Crippen LogP contribution in [0.4, 0.5) is 10.6 Å².